The number of hydrogen-bond acceptors (Lipinski definition) is 3. The maximum atomic E-state index is 3.89. The Kier molecular flexibility index (Phi) is 3.23. The van der Waals surface area contributed by atoms with Gasteiger partial charge in [0, 0.05) is 34.6 Å². The molecule has 1 aliphatic heterocycles. The smallest absolute Gasteiger partial charge is 0.0444 e. The van der Waals surface area contributed by atoms with E-state index in [1.165, 1.54) is 41.5 Å². The van der Waals surface area contributed by atoms with Gasteiger partial charge in [0.1, 0.15) is 0 Å². The summed E-state index contributed by atoms with van der Waals surface area (Å²) in [7, 11) is 0. The predicted molar refractivity (Wildman–Crippen MR) is 92.4 cm³/mol. The number of rotatable bonds is 1. The summed E-state index contributed by atoms with van der Waals surface area (Å²) in [6, 6.07) is 10.6. The first kappa shape index (κ1) is 13.6. The maximum Gasteiger partial charge on any atom is 0.0444 e. The van der Waals surface area contributed by atoms with Crippen LogP contribution in [0.4, 0.5) is 5.69 Å². The lowest BCUT2D eigenvalue weighted by Gasteiger charge is -2.52. The van der Waals surface area contributed by atoms with Gasteiger partial charge in [0.05, 0.1) is 0 Å². The number of anilines is 1. The first-order valence-corrected chi connectivity index (χ1v) is 9.02. The highest BCUT2D eigenvalue weighted by Gasteiger charge is 2.40. The number of hydrogen-bond donors (Lipinski definition) is 1. The molecule has 112 valence electrons. The number of fused-ring (bicyclic) bond motifs is 2. The van der Waals surface area contributed by atoms with E-state index in [1.54, 1.807) is 0 Å². The van der Waals surface area contributed by atoms with Gasteiger partial charge in [-0.3, -0.25) is 0 Å². The van der Waals surface area contributed by atoms with Crippen LogP contribution in [0.2, 0.25) is 0 Å². The summed E-state index contributed by atoms with van der Waals surface area (Å²) in [6.07, 6.45) is 5.41. The molecule has 4 rings (SSSR count). The first-order chi connectivity index (χ1) is 10.1. The average molecular weight is 300 g/mol. The number of piperazine rings is 1. The van der Waals surface area contributed by atoms with Crippen LogP contribution >= 0.6 is 11.3 Å². The van der Waals surface area contributed by atoms with Crippen LogP contribution in [0.15, 0.2) is 29.6 Å². The van der Waals surface area contributed by atoms with Crippen LogP contribution in [0.1, 0.15) is 39.5 Å². The molecule has 0 radical (unpaired) electrons. The van der Waals surface area contributed by atoms with Crippen molar-refractivity contribution in [2.45, 2.75) is 57.2 Å². The van der Waals surface area contributed by atoms with Crippen molar-refractivity contribution in [2.24, 2.45) is 0 Å². The third-order valence-corrected chi connectivity index (χ3v) is 5.94. The van der Waals surface area contributed by atoms with Crippen LogP contribution in [0.3, 0.4) is 0 Å². The number of nitrogens with one attached hydrogen (secondary N) is 1. The molecule has 2 atom stereocenters. The van der Waals surface area contributed by atoms with Crippen LogP contribution in [0.5, 0.6) is 0 Å². The molecule has 1 N–H and O–H groups in total. The molecule has 0 amide bonds. The summed E-state index contributed by atoms with van der Waals surface area (Å²) in [5.41, 5.74) is 1.61. The molecule has 0 spiro atoms. The van der Waals surface area contributed by atoms with E-state index >= 15 is 0 Å². The fraction of sp³-hybridized carbons (Fsp3) is 0.556. The van der Waals surface area contributed by atoms with Crippen LogP contribution in [-0.4, -0.2) is 24.2 Å². The second-order valence-electron chi connectivity index (χ2n) is 7.26. The van der Waals surface area contributed by atoms with Crippen molar-refractivity contribution in [3.8, 4) is 0 Å². The average Bonchev–Trinajstić information content (AvgIpc) is 2.92. The van der Waals surface area contributed by atoms with Gasteiger partial charge in [-0.25, -0.2) is 0 Å². The molecule has 2 heterocycles. The molecule has 2 nitrogen and oxygen atoms in total. The highest BCUT2D eigenvalue weighted by molar-refractivity contribution is 7.17. The van der Waals surface area contributed by atoms with Gasteiger partial charge in [0.2, 0.25) is 0 Å². The second kappa shape index (κ2) is 4.99. The lowest BCUT2D eigenvalue weighted by molar-refractivity contribution is 0.199. The van der Waals surface area contributed by atoms with Gasteiger partial charge in [-0.2, -0.15) is 0 Å². The molecule has 1 saturated heterocycles. The number of thiophene rings is 1. The number of nitrogens with zero attached hydrogens (tertiary/aromatic N) is 1. The summed E-state index contributed by atoms with van der Waals surface area (Å²) in [5, 5.41) is 7.47. The summed E-state index contributed by atoms with van der Waals surface area (Å²) >= 11 is 1.83. The Morgan fingerprint density at radius 1 is 1.19 bits per heavy atom. The van der Waals surface area contributed by atoms with E-state index in [1.807, 2.05) is 11.3 Å². The van der Waals surface area contributed by atoms with Gasteiger partial charge in [-0.15, -0.1) is 11.3 Å². The molecular weight excluding hydrogens is 276 g/mol. The Labute approximate surface area is 131 Å². The zero-order valence-electron chi connectivity index (χ0n) is 12.9. The number of benzene rings is 1. The zero-order chi connectivity index (χ0) is 14.4. The van der Waals surface area contributed by atoms with E-state index in [-0.39, 0.29) is 5.54 Å². The topological polar surface area (TPSA) is 15.3 Å². The third kappa shape index (κ3) is 2.47. The van der Waals surface area contributed by atoms with Crippen molar-refractivity contribution in [1.29, 1.82) is 0 Å². The largest absolute Gasteiger partial charge is 0.365 e. The Balaban J connectivity index is 1.72. The van der Waals surface area contributed by atoms with Crippen LogP contribution in [0, 0.1) is 0 Å². The molecule has 2 aromatic rings. The SMILES string of the molecule is CC1(C)CN(c2ccc3sccc3c2)[C@@H]2CCCC[C@@H]2N1. The van der Waals surface area contributed by atoms with Crippen molar-refractivity contribution in [3.63, 3.8) is 0 Å². The molecule has 1 aromatic heterocycles. The quantitative estimate of drug-likeness (QED) is 0.839. The Bertz CT molecular complexity index is 645. The van der Waals surface area contributed by atoms with Gasteiger partial charge in [-0.05, 0) is 61.7 Å². The van der Waals surface area contributed by atoms with Crippen molar-refractivity contribution < 1.29 is 0 Å². The maximum absolute atomic E-state index is 3.89. The van der Waals surface area contributed by atoms with E-state index in [2.05, 4.69) is 53.7 Å². The minimum atomic E-state index is 0.197. The molecule has 2 aliphatic rings. The van der Waals surface area contributed by atoms with Crippen molar-refractivity contribution in [3.05, 3.63) is 29.6 Å². The standard InChI is InChI=1S/C18H24N2S/c1-18(2)12-20(16-6-4-3-5-15(16)19-18)14-7-8-17-13(11-14)9-10-21-17/h7-11,15-16,19H,3-6,12H2,1-2H3/t15-,16+/m0/s1. The summed E-state index contributed by atoms with van der Waals surface area (Å²) < 4.78 is 1.40. The van der Waals surface area contributed by atoms with E-state index in [0.29, 0.717) is 12.1 Å². The fourth-order valence-electron chi connectivity index (χ4n) is 4.16. The summed E-state index contributed by atoms with van der Waals surface area (Å²) in [4.78, 5) is 2.68. The molecular formula is C18H24N2S. The minimum absolute atomic E-state index is 0.197. The van der Waals surface area contributed by atoms with Gasteiger partial charge in [0.25, 0.3) is 0 Å². The van der Waals surface area contributed by atoms with Crippen molar-refractivity contribution in [1.82, 2.24) is 5.32 Å². The molecule has 1 aromatic carbocycles. The Morgan fingerprint density at radius 3 is 2.95 bits per heavy atom. The Morgan fingerprint density at radius 2 is 2.05 bits per heavy atom. The molecule has 0 bridgehead atoms. The lowest BCUT2D eigenvalue weighted by Crippen LogP contribution is -2.67. The van der Waals surface area contributed by atoms with E-state index < -0.39 is 0 Å². The lowest BCUT2D eigenvalue weighted by atomic mass is 9.83. The second-order valence-corrected chi connectivity index (χ2v) is 8.20. The van der Waals surface area contributed by atoms with Crippen molar-refractivity contribution in [2.75, 3.05) is 11.4 Å². The van der Waals surface area contributed by atoms with Gasteiger partial charge < -0.3 is 10.2 Å². The first-order valence-electron chi connectivity index (χ1n) is 8.14. The predicted octanol–water partition coefficient (Wildman–Crippen LogP) is 4.40. The highest BCUT2D eigenvalue weighted by Crippen LogP contribution is 2.35. The minimum Gasteiger partial charge on any atom is -0.365 e. The van der Waals surface area contributed by atoms with Gasteiger partial charge in [0.15, 0.2) is 0 Å². The van der Waals surface area contributed by atoms with Crippen molar-refractivity contribution >= 4 is 27.1 Å². The Hall–Kier alpha value is -1.06. The molecule has 1 aliphatic carbocycles. The molecule has 2 fully saturated rings. The summed E-state index contributed by atoms with van der Waals surface area (Å²) in [5.74, 6) is 0. The van der Waals surface area contributed by atoms with Gasteiger partial charge in [-0.1, -0.05) is 12.8 Å². The van der Waals surface area contributed by atoms with Crippen LogP contribution < -0.4 is 10.2 Å². The molecule has 1 saturated carbocycles. The zero-order valence-corrected chi connectivity index (χ0v) is 13.7. The van der Waals surface area contributed by atoms with Crippen LogP contribution in [0.25, 0.3) is 10.1 Å². The molecule has 3 heteroatoms. The third-order valence-electron chi connectivity index (χ3n) is 5.04. The normalized spacial score (nSPS) is 28.6. The van der Waals surface area contributed by atoms with Gasteiger partial charge >= 0.3 is 0 Å². The van der Waals surface area contributed by atoms with E-state index in [4.69, 9.17) is 0 Å². The van der Waals surface area contributed by atoms with E-state index in [0.717, 1.165) is 6.54 Å². The summed E-state index contributed by atoms with van der Waals surface area (Å²) in [6.45, 7) is 5.78. The fourth-order valence-corrected chi connectivity index (χ4v) is 4.93. The molecule has 0 unspecified atom stereocenters. The molecule has 21 heavy (non-hydrogen) atoms. The monoisotopic (exact) mass is 300 g/mol. The van der Waals surface area contributed by atoms with Crippen LogP contribution in [-0.2, 0) is 0 Å². The highest BCUT2D eigenvalue weighted by atomic mass is 32.1. The van der Waals surface area contributed by atoms with E-state index in [9.17, 15) is 0 Å².